The zero-order valence-electron chi connectivity index (χ0n) is 9.15. The topological polar surface area (TPSA) is 59.0 Å². The largest absolute Gasteiger partial charge is 0.469 e. The molecule has 1 unspecified atom stereocenters. The predicted octanol–water partition coefficient (Wildman–Crippen LogP) is -0.367. The van der Waals surface area contributed by atoms with E-state index in [1.807, 2.05) is 0 Å². The molecule has 0 aromatic rings. The van der Waals surface area contributed by atoms with Crippen molar-refractivity contribution >= 4 is 5.97 Å². The molecule has 5 heteroatoms. The van der Waals surface area contributed by atoms with Gasteiger partial charge in [-0.1, -0.05) is 0 Å². The third-order valence-electron chi connectivity index (χ3n) is 2.61. The van der Waals surface area contributed by atoms with Gasteiger partial charge >= 0.3 is 5.97 Å². The molecule has 88 valence electrons. The van der Waals surface area contributed by atoms with E-state index in [0.717, 1.165) is 19.5 Å². The summed E-state index contributed by atoms with van der Waals surface area (Å²) in [7, 11) is 1.40. The Morgan fingerprint density at radius 1 is 1.67 bits per heavy atom. The highest BCUT2D eigenvalue weighted by Gasteiger charge is 2.21. The fourth-order valence-corrected chi connectivity index (χ4v) is 1.68. The summed E-state index contributed by atoms with van der Waals surface area (Å²) in [5.41, 5.74) is 0. The number of carbonyl (C=O) groups excluding carboxylic acids is 1. The van der Waals surface area contributed by atoms with E-state index in [1.165, 1.54) is 7.11 Å². The summed E-state index contributed by atoms with van der Waals surface area (Å²) in [5, 5.41) is 9.10. The summed E-state index contributed by atoms with van der Waals surface area (Å²) in [6.07, 6.45) is 1.20. The molecule has 1 fully saturated rings. The molecule has 1 aliphatic rings. The van der Waals surface area contributed by atoms with Gasteiger partial charge in [0.05, 0.1) is 33.0 Å². The fraction of sp³-hybridized carbons (Fsp3) is 0.900. The maximum absolute atomic E-state index is 10.9. The van der Waals surface area contributed by atoms with Gasteiger partial charge in [-0.15, -0.1) is 0 Å². The number of carbonyl (C=O) groups is 1. The first-order valence-corrected chi connectivity index (χ1v) is 5.27. The van der Waals surface area contributed by atoms with Crippen molar-refractivity contribution < 1.29 is 19.4 Å². The second-order valence-corrected chi connectivity index (χ2v) is 3.63. The van der Waals surface area contributed by atoms with E-state index in [0.29, 0.717) is 19.6 Å². The molecule has 1 aliphatic heterocycles. The number of rotatable bonds is 5. The van der Waals surface area contributed by atoms with Crippen LogP contribution in [-0.2, 0) is 14.3 Å². The molecule has 0 amide bonds. The number of methoxy groups -OCH3 is 1. The van der Waals surface area contributed by atoms with Gasteiger partial charge in [0.2, 0.25) is 0 Å². The maximum atomic E-state index is 10.9. The molecular weight excluding hydrogens is 198 g/mol. The van der Waals surface area contributed by atoms with Crippen LogP contribution in [0.4, 0.5) is 0 Å². The Morgan fingerprint density at radius 3 is 3.13 bits per heavy atom. The first kappa shape index (κ1) is 12.4. The van der Waals surface area contributed by atoms with Crippen molar-refractivity contribution in [2.45, 2.75) is 18.9 Å². The van der Waals surface area contributed by atoms with Gasteiger partial charge in [-0.3, -0.25) is 9.69 Å². The van der Waals surface area contributed by atoms with Crippen LogP contribution in [0.2, 0.25) is 0 Å². The lowest BCUT2D eigenvalue weighted by Crippen LogP contribution is -2.47. The number of hydrogen-bond donors (Lipinski definition) is 1. The Balaban J connectivity index is 2.20. The molecule has 1 atom stereocenters. The van der Waals surface area contributed by atoms with Crippen LogP contribution in [0.15, 0.2) is 0 Å². The molecule has 1 rings (SSSR count). The molecule has 0 aromatic carbocycles. The number of nitrogens with zero attached hydrogens (tertiary/aromatic N) is 1. The van der Waals surface area contributed by atoms with Gasteiger partial charge in [0.1, 0.15) is 0 Å². The molecular formula is C10H19NO4. The van der Waals surface area contributed by atoms with E-state index < -0.39 is 0 Å². The average molecular weight is 217 g/mol. The van der Waals surface area contributed by atoms with E-state index in [4.69, 9.17) is 9.84 Å². The van der Waals surface area contributed by atoms with Gasteiger partial charge in [0, 0.05) is 13.0 Å². The maximum Gasteiger partial charge on any atom is 0.305 e. The molecule has 0 saturated carbocycles. The van der Waals surface area contributed by atoms with Crippen LogP contribution < -0.4 is 0 Å². The van der Waals surface area contributed by atoms with Crippen molar-refractivity contribution in [1.29, 1.82) is 0 Å². The minimum atomic E-state index is -0.177. The Bertz CT molecular complexity index is 198. The van der Waals surface area contributed by atoms with Crippen LogP contribution in [0.3, 0.4) is 0 Å². The van der Waals surface area contributed by atoms with E-state index in [9.17, 15) is 4.79 Å². The SMILES string of the molecule is COC(=O)CCCN1CCOCC1CO. The van der Waals surface area contributed by atoms with E-state index in [1.54, 1.807) is 0 Å². The monoisotopic (exact) mass is 217 g/mol. The lowest BCUT2D eigenvalue weighted by atomic mass is 10.2. The smallest absolute Gasteiger partial charge is 0.305 e. The summed E-state index contributed by atoms with van der Waals surface area (Å²) in [6, 6.07) is 0.0800. The van der Waals surface area contributed by atoms with Gasteiger partial charge in [-0.25, -0.2) is 0 Å². The van der Waals surface area contributed by atoms with Gasteiger partial charge < -0.3 is 14.6 Å². The number of morpholine rings is 1. The molecule has 0 aliphatic carbocycles. The highest BCUT2D eigenvalue weighted by atomic mass is 16.5. The molecule has 1 N–H and O–H groups in total. The molecule has 1 saturated heterocycles. The Labute approximate surface area is 90.0 Å². The third-order valence-corrected chi connectivity index (χ3v) is 2.61. The summed E-state index contributed by atoms with van der Waals surface area (Å²) in [4.78, 5) is 13.0. The molecule has 0 radical (unpaired) electrons. The first-order chi connectivity index (χ1) is 7.27. The second kappa shape index (κ2) is 6.76. The van der Waals surface area contributed by atoms with Crippen LogP contribution in [0.25, 0.3) is 0 Å². The molecule has 5 nitrogen and oxygen atoms in total. The minimum Gasteiger partial charge on any atom is -0.469 e. The summed E-state index contributed by atoms with van der Waals surface area (Å²) >= 11 is 0. The summed E-state index contributed by atoms with van der Waals surface area (Å²) < 4.78 is 9.82. The quantitative estimate of drug-likeness (QED) is 0.637. The van der Waals surface area contributed by atoms with Crippen LogP contribution in [0.1, 0.15) is 12.8 Å². The number of esters is 1. The van der Waals surface area contributed by atoms with Gasteiger partial charge in [-0.05, 0) is 13.0 Å². The number of hydrogen-bond acceptors (Lipinski definition) is 5. The van der Waals surface area contributed by atoms with Crippen LogP contribution in [0.5, 0.6) is 0 Å². The van der Waals surface area contributed by atoms with Crippen LogP contribution in [0, 0.1) is 0 Å². The van der Waals surface area contributed by atoms with Crippen molar-refractivity contribution in [1.82, 2.24) is 4.90 Å². The lowest BCUT2D eigenvalue weighted by molar-refractivity contribution is -0.140. The zero-order valence-corrected chi connectivity index (χ0v) is 9.15. The standard InChI is InChI=1S/C10H19NO4/c1-14-10(13)3-2-4-11-5-6-15-8-9(11)7-12/h9,12H,2-8H2,1H3. The summed E-state index contributed by atoms with van der Waals surface area (Å²) in [6.45, 7) is 3.03. The third kappa shape index (κ3) is 4.15. The fourth-order valence-electron chi connectivity index (χ4n) is 1.68. The molecule has 15 heavy (non-hydrogen) atoms. The second-order valence-electron chi connectivity index (χ2n) is 3.63. The normalized spacial score (nSPS) is 22.7. The van der Waals surface area contributed by atoms with Crippen molar-refractivity contribution in [3.8, 4) is 0 Å². The highest BCUT2D eigenvalue weighted by molar-refractivity contribution is 5.69. The van der Waals surface area contributed by atoms with E-state index in [2.05, 4.69) is 9.64 Å². The molecule has 1 heterocycles. The van der Waals surface area contributed by atoms with Crippen LogP contribution in [-0.4, -0.2) is 62.0 Å². The van der Waals surface area contributed by atoms with E-state index in [-0.39, 0.29) is 18.6 Å². The summed E-state index contributed by atoms with van der Waals surface area (Å²) in [5.74, 6) is -0.177. The predicted molar refractivity (Wildman–Crippen MR) is 54.5 cm³/mol. The molecule has 0 bridgehead atoms. The molecule has 0 aromatic heterocycles. The van der Waals surface area contributed by atoms with Gasteiger partial charge in [0.25, 0.3) is 0 Å². The van der Waals surface area contributed by atoms with Crippen molar-refractivity contribution in [2.24, 2.45) is 0 Å². The van der Waals surface area contributed by atoms with Gasteiger partial charge in [0.15, 0.2) is 0 Å². The van der Waals surface area contributed by atoms with Crippen molar-refractivity contribution in [2.75, 3.05) is 40.0 Å². The van der Waals surface area contributed by atoms with Crippen LogP contribution >= 0.6 is 0 Å². The molecule has 0 spiro atoms. The number of aliphatic hydroxyl groups excluding tert-OH is 1. The number of aliphatic hydroxyl groups is 1. The number of ether oxygens (including phenoxy) is 2. The zero-order chi connectivity index (χ0) is 11.1. The Kier molecular flexibility index (Phi) is 5.60. The van der Waals surface area contributed by atoms with Crippen molar-refractivity contribution in [3.05, 3.63) is 0 Å². The van der Waals surface area contributed by atoms with Gasteiger partial charge in [-0.2, -0.15) is 0 Å². The Morgan fingerprint density at radius 2 is 2.47 bits per heavy atom. The highest BCUT2D eigenvalue weighted by Crippen LogP contribution is 2.07. The minimum absolute atomic E-state index is 0.0800. The first-order valence-electron chi connectivity index (χ1n) is 5.27. The van der Waals surface area contributed by atoms with E-state index >= 15 is 0 Å². The Hall–Kier alpha value is -0.650. The lowest BCUT2D eigenvalue weighted by Gasteiger charge is -2.34. The van der Waals surface area contributed by atoms with Crippen molar-refractivity contribution in [3.63, 3.8) is 0 Å². The average Bonchev–Trinajstić information content (AvgIpc) is 2.29.